The monoisotopic (exact) mass is 443 g/mol. The molecule has 0 radical (unpaired) electrons. The first-order chi connectivity index (χ1) is 13.3. The molecule has 0 spiro atoms. The molecule has 3 rings (SSSR count). The molecule has 2 aromatic rings. The number of amides is 1. The Morgan fingerprint density at radius 1 is 1.29 bits per heavy atom. The molecular weight excluding hydrogens is 425 g/mol. The van der Waals surface area contributed by atoms with Gasteiger partial charge in [0.1, 0.15) is 5.02 Å². The Balaban J connectivity index is 1.79. The predicted molar refractivity (Wildman–Crippen MR) is 112 cm³/mol. The molecule has 150 valence electrons. The number of carboxylic acid groups (broad SMARTS) is 1. The van der Waals surface area contributed by atoms with E-state index in [1.807, 2.05) is 24.8 Å². The summed E-state index contributed by atoms with van der Waals surface area (Å²) in [7, 11) is 0. The summed E-state index contributed by atoms with van der Waals surface area (Å²) in [5.41, 5.74) is 0.866. The van der Waals surface area contributed by atoms with Crippen molar-refractivity contribution in [2.75, 3.05) is 29.9 Å². The molecule has 1 amide bonds. The van der Waals surface area contributed by atoms with Crippen molar-refractivity contribution >= 4 is 52.7 Å². The van der Waals surface area contributed by atoms with Crippen molar-refractivity contribution in [1.82, 2.24) is 14.9 Å². The van der Waals surface area contributed by atoms with E-state index >= 15 is 0 Å². The first-order valence-electron chi connectivity index (χ1n) is 8.74. The average Bonchev–Trinajstić information content (AvgIpc) is 2.63. The molecule has 1 aromatic heterocycles. The Bertz CT molecular complexity index is 882. The summed E-state index contributed by atoms with van der Waals surface area (Å²) in [6.45, 7) is 5.18. The second kappa shape index (κ2) is 8.59. The minimum atomic E-state index is -0.917. The summed E-state index contributed by atoms with van der Waals surface area (Å²) in [4.78, 5) is 23.4. The average molecular weight is 445 g/mol. The molecule has 2 heterocycles. The second-order valence-electron chi connectivity index (χ2n) is 6.67. The highest BCUT2D eigenvalue weighted by Crippen LogP contribution is 2.31. The number of halogens is 3. The van der Waals surface area contributed by atoms with Gasteiger partial charge in [-0.15, -0.1) is 0 Å². The van der Waals surface area contributed by atoms with Gasteiger partial charge in [-0.25, -0.2) is 9.78 Å². The van der Waals surface area contributed by atoms with E-state index in [0.717, 1.165) is 5.56 Å². The minimum absolute atomic E-state index is 0.0537. The number of hydrogen-bond acceptors (Lipinski definition) is 5. The van der Waals surface area contributed by atoms with E-state index in [-0.39, 0.29) is 12.1 Å². The van der Waals surface area contributed by atoms with E-state index in [9.17, 15) is 4.79 Å². The zero-order valence-electron chi connectivity index (χ0n) is 15.4. The lowest BCUT2D eigenvalue weighted by Gasteiger charge is -2.38. The van der Waals surface area contributed by atoms with Crippen LogP contribution in [0.3, 0.4) is 0 Å². The summed E-state index contributed by atoms with van der Waals surface area (Å²) in [5, 5.41) is 13.9. The first kappa shape index (κ1) is 20.8. The van der Waals surface area contributed by atoms with Gasteiger partial charge in [-0.3, -0.25) is 0 Å². The molecule has 1 fully saturated rings. The third-order valence-electron chi connectivity index (χ3n) is 4.67. The molecule has 2 N–H and O–H groups in total. The Hall–Kier alpha value is -1.96. The number of aromatic nitrogens is 2. The molecule has 10 heteroatoms. The van der Waals surface area contributed by atoms with Crippen LogP contribution < -0.4 is 10.2 Å². The maximum absolute atomic E-state index is 11.2. The van der Waals surface area contributed by atoms with Gasteiger partial charge < -0.3 is 20.2 Å². The van der Waals surface area contributed by atoms with Crippen LogP contribution in [0.25, 0.3) is 0 Å². The van der Waals surface area contributed by atoms with Gasteiger partial charge in [0.25, 0.3) is 0 Å². The zero-order chi connectivity index (χ0) is 20.4. The third kappa shape index (κ3) is 4.54. The highest BCUT2D eigenvalue weighted by atomic mass is 35.5. The number of piperazine rings is 1. The number of hydrogen-bond donors (Lipinski definition) is 2. The number of anilines is 2. The lowest BCUT2D eigenvalue weighted by molar-refractivity contribution is 0.136. The molecule has 0 aliphatic carbocycles. The minimum Gasteiger partial charge on any atom is -0.465 e. The van der Waals surface area contributed by atoms with Crippen molar-refractivity contribution in [3.8, 4) is 0 Å². The molecule has 28 heavy (non-hydrogen) atoms. The maximum Gasteiger partial charge on any atom is 0.407 e. The topological polar surface area (TPSA) is 81.6 Å². The van der Waals surface area contributed by atoms with Gasteiger partial charge in [0.15, 0.2) is 5.82 Å². The normalized spacial score (nSPS) is 18.1. The molecule has 0 saturated carbocycles. The van der Waals surface area contributed by atoms with E-state index in [0.29, 0.717) is 46.5 Å². The predicted octanol–water partition coefficient (Wildman–Crippen LogP) is 4.80. The summed E-state index contributed by atoms with van der Waals surface area (Å²) >= 11 is 18.5. The lowest BCUT2D eigenvalue weighted by atomic mass is 10.1. The smallest absolute Gasteiger partial charge is 0.407 e. The highest BCUT2D eigenvalue weighted by Gasteiger charge is 2.28. The van der Waals surface area contributed by atoms with Crippen LogP contribution in [0.4, 0.5) is 16.6 Å². The fraction of sp³-hybridized carbons (Fsp3) is 0.389. The van der Waals surface area contributed by atoms with E-state index in [2.05, 4.69) is 15.3 Å². The van der Waals surface area contributed by atoms with E-state index in [4.69, 9.17) is 39.9 Å². The van der Waals surface area contributed by atoms with Gasteiger partial charge in [0.2, 0.25) is 5.95 Å². The molecule has 2 atom stereocenters. The summed E-state index contributed by atoms with van der Waals surface area (Å²) in [6, 6.07) is 5.10. The lowest BCUT2D eigenvalue weighted by Crippen LogP contribution is -2.54. The Morgan fingerprint density at radius 2 is 2.04 bits per heavy atom. The van der Waals surface area contributed by atoms with Gasteiger partial charge in [-0.2, -0.15) is 4.98 Å². The van der Waals surface area contributed by atoms with Crippen LogP contribution in [0.2, 0.25) is 15.1 Å². The largest absolute Gasteiger partial charge is 0.465 e. The Morgan fingerprint density at radius 3 is 2.68 bits per heavy atom. The maximum atomic E-state index is 11.2. The van der Waals surface area contributed by atoms with Gasteiger partial charge in [0.05, 0.1) is 12.2 Å². The zero-order valence-corrected chi connectivity index (χ0v) is 17.6. The number of rotatable bonds is 4. The van der Waals surface area contributed by atoms with Crippen LogP contribution in [0, 0.1) is 0 Å². The highest BCUT2D eigenvalue weighted by molar-refractivity contribution is 6.35. The standard InChI is InChI=1S/C18H20Cl3N5O2/c1-10-9-25(18(27)28)5-6-26(10)17-22-8-15(21)16(24-17)23-11(2)13-4-3-12(19)7-14(13)20/h3-4,7-8,10-11H,5-6,9H2,1-2H3,(H,27,28)(H,22,23,24)/t10?,11-/m1/s1. The first-order valence-corrected chi connectivity index (χ1v) is 9.88. The fourth-order valence-electron chi connectivity index (χ4n) is 3.16. The number of nitrogens with zero attached hydrogens (tertiary/aromatic N) is 4. The van der Waals surface area contributed by atoms with Crippen molar-refractivity contribution in [3.05, 3.63) is 45.0 Å². The van der Waals surface area contributed by atoms with Gasteiger partial charge in [0, 0.05) is 35.7 Å². The molecule has 1 unspecified atom stereocenters. The summed E-state index contributed by atoms with van der Waals surface area (Å²) in [6.07, 6.45) is 0.623. The molecule has 1 aliphatic heterocycles. The second-order valence-corrected chi connectivity index (χ2v) is 7.92. The number of benzene rings is 1. The van der Waals surface area contributed by atoms with Crippen LogP contribution in [0.15, 0.2) is 24.4 Å². The van der Waals surface area contributed by atoms with Crippen LogP contribution in [0.5, 0.6) is 0 Å². The van der Waals surface area contributed by atoms with E-state index in [1.54, 1.807) is 18.3 Å². The van der Waals surface area contributed by atoms with E-state index < -0.39 is 6.09 Å². The van der Waals surface area contributed by atoms with E-state index in [1.165, 1.54) is 4.90 Å². The van der Waals surface area contributed by atoms with Crippen LogP contribution in [-0.2, 0) is 0 Å². The molecule has 1 saturated heterocycles. The third-order valence-corrected chi connectivity index (χ3v) is 5.51. The van der Waals surface area contributed by atoms with Crippen LogP contribution in [-0.4, -0.2) is 51.7 Å². The molecule has 1 aliphatic rings. The molecule has 0 bridgehead atoms. The van der Waals surface area contributed by atoms with Crippen molar-refractivity contribution in [1.29, 1.82) is 0 Å². The van der Waals surface area contributed by atoms with Crippen molar-refractivity contribution in [2.24, 2.45) is 0 Å². The van der Waals surface area contributed by atoms with Gasteiger partial charge in [-0.1, -0.05) is 40.9 Å². The molecular formula is C18H20Cl3N5O2. The van der Waals surface area contributed by atoms with Gasteiger partial charge in [-0.05, 0) is 31.5 Å². The van der Waals surface area contributed by atoms with Crippen LogP contribution in [0.1, 0.15) is 25.5 Å². The van der Waals surface area contributed by atoms with Crippen LogP contribution >= 0.6 is 34.8 Å². The van der Waals surface area contributed by atoms with Crippen molar-refractivity contribution in [2.45, 2.75) is 25.9 Å². The number of carbonyl (C=O) groups is 1. The summed E-state index contributed by atoms with van der Waals surface area (Å²) in [5.74, 6) is 0.983. The SMILES string of the molecule is CC1CN(C(=O)O)CCN1c1ncc(Cl)c(N[C@H](C)c2ccc(Cl)cc2Cl)n1. The Labute approximate surface area is 178 Å². The summed E-state index contributed by atoms with van der Waals surface area (Å²) < 4.78 is 0. The van der Waals surface area contributed by atoms with Crippen molar-refractivity contribution in [3.63, 3.8) is 0 Å². The number of nitrogens with one attached hydrogen (secondary N) is 1. The molecule has 7 nitrogen and oxygen atoms in total. The van der Waals surface area contributed by atoms with Crippen molar-refractivity contribution < 1.29 is 9.90 Å². The molecule has 1 aromatic carbocycles. The Kier molecular flexibility index (Phi) is 6.37. The quantitative estimate of drug-likeness (QED) is 0.705. The fourth-order valence-corrected chi connectivity index (χ4v) is 3.88. The van der Waals surface area contributed by atoms with Gasteiger partial charge >= 0.3 is 6.09 Å².